The maximum atomic E-state index is 13.0. The van der Waals surface area contributed by atoms with Crippen molar-refractivity contribution in [2.45, 2.75) is 23.4 Å². The van der Waals surface area contributed by atoms with Gasteiger partial charge in [-0.1, -0.05) is 17.4 Å². The fraction of sp³-hybridized carbons (Fsp3) is 0.318. The highest BCUT2D eigenvalue weighted by molar-refractivity contribution is 6.60. The van der Waals surface area contributed by atoms with Gasteiger partial charge in [-0.2, -0.15) is 15.0 Å². The molecule has 15 heteroatoms. The first-order valence-electron chi connectivity index (χ1n) is 11.5. The van der Waals surface area contributed by atoms with Gasteiger partial charge in [0, 0.05) is 43.2 Å². The molecule has 0 spiro atoms. The fourth-order valence-electron chi connectivity index (χ4n) is 4.19. The van der Waals surface area contributed by atoms with E-state index in [2.05, 4.69) is 31.1 Å². The van der Waals surface area contributed by atoms with Crippen LogP contribution >= 0.6 is 0 Å². The zero-order chi connectivity index (χ0) is 26.7. The number of aryl methyl sites for hydroxylation is 1. The van der Waals surface area contributed by atoms with E-state index >= 15 is 0 Å². The molecule has 10 nitrogen and oxygen atoms in total. The van der Waals surface area contributed by atoms with E-state index in [9.17, 15) is 9.59 Å². The van der Waals surface area contributed by atoms with Crippen molar-refractivity contribution < 1.29 is 9.59 Å². The third kappa shape index (κ3) is 4.74. The van der Waals surface area contributed by atoms with Crippen LogP contribution in [-0.4, -0.2) is 83.3 Å². The Morgan fingerprint density at radius 3 is 2.51 bits per heavy atom. The van der Waals surface area contributed by atoms with E-state index in [1.165, 1.54) is 17.1 Å². The van der Waals surface area contributed by atoms with Gasteiger partial charge in [0.25, 0.3) is 5.91 Å². The summed E-state index contributed by atoms with van der Waals surface area (Å²) in [4.78, 5) is 32.6. The molecule has 1 aliphatic carbocycles. The molecule has 2 aromatic heterocycles. The highest BCUT2D eigenvalue weighted by atomic mass is 16.2. The monoisotopic (exact) mass is 482 g/mol. The molecule has 0 bridgehead atoms. The highest BCUT2D eigenvalue weighted by Gasteiger charge is 2.39. The van der Waals surface area contributed by atoms with Gasteiger partial charge in [0.15, 0.2) is 0 Å². The lowest BCUT2D eigenvalue weighted by Crippen LogP contribution is -2.50. The number of pyridine rings is 1. The Balaban J connectivity index is 1.59. The SMILES string of the molecule is [B]C([B])([B])NC(=O)c1cnc(NC(=O)C2CC2)cc1Nc1cccc2c1N(C)C([B])([B])c1nn(C)nc1-2. The van der Waals surface area contributed by atoms with Crippen molar-refractivity contribution >= 4 is 73.9 Å². The van der Waals surface area contributed by atoms with Crippen molar-refractivity contribution in [1.29, 1.82) is 0 Å². The number of hydrogen-bond donors (Lipinski definition) is 3. The van der Waals surface area contributed by atoms with Crippen molar-refractivity contribution in [3.63, 3.8) is 0 Å². The Hall–Kier alpha value is -3.63. The first-order valence-corrected chi connectivity index (χ1v) is 11.5. The van der Waals surface area contributed by atoms with Crippen LogP contribution < -0.4 is 20.9 Å². The van der Waals surface area contributed by atoms with E-state index in [1.54, 1.807) is 25.1 Å². The predicted molar refractivity (Wildman–Crippen MR) is 144 cm³/mol. The minimum atomic E-state index is -1.96. The highest BCUT2D eigenvalue weighted by Crippen LogP contribution is 2.47. The van der Waals surface area contributed by atoms with Gasteiger partial charge >= 0.3 is 0 Å². The molecule has 1 aromatic carbocycles. The maximum Gasteiger partial charge on any atom is 0.253 e. The second-order valence-corrected chi connectivity index (χ2v) is 9.36. The molecule has 5 rings (SSSR count). The molecule has 1 fully saturated rings. The molecular formula is C22H19B5N8O2. The zero-order valence-corrected chi connectivity index (χ0v) is 20.3. The summed E-state index contributed by atoms with van der Waals surface area (Å²) in [5.41, 5.74) is 3.24. The number of benzene rings is 1. The summed E-state index contributed by atoms with van der Waals surface area (Å²) in [6, 6.07) is 7.01. The van der Waals surface area contributed by atoms with Crippen LogP contribution in [0.1, 0.15) is 28.9 Å². The van der Waals surface area contributed by atoms with Crippen molar-refractivity contribution in [3.05, 3.63) is 41.7 Å². The predicted octanol–water partition coefficient (Wildman–Crippen LogP) is -0.287. The topological polar surface area (TPSA) is 117 Å². The Bertz CT molecular complexity index is 1420. The van der Waals surface area contributed by atoms with E-state index in [1.807, 2.05) is 12.1 Å². The summed E-state index contributed by atoms with van der Waals surface area (Å²) in [5, 5.41) is 13.7. The number of amides is 2. The van der Waals surface area contributed by atoms with Crippen molar-refractivity contribution in [2.75, 3.05) is 22.6 Å². The summed E-state index contributed by atoms with van der Waals surface area (Å²) in [5.74, 6) is -0.587. The number of hydrogen-bond acceptors (Lipinski definition) is 7. The molecule has 2 amide bonds. The number of fused-ring (bicyclic) bond motifs is 3. The molecule has 0 atom stereocenters. The summed E-state index contributed by atoms with van der Waals surface area (Å²) < 4.78 is 0. The first-order chi connectivity index (χ1) is 17.3. The minimum Gasteiger partial charge on any atom is -0.378 e. The van der Waals surface area contributed by atoms with Crippen LogP contribution in [0.4, 0.5) is 22.9 Å². The van der Waals surface area contributed by atoms with Crippen molar-refractivity contribution in [3.8, 4) is 11.3 Å². The van der Waals surface area contributed by atoms with E-state index in [4.69, 9.17) is 39.2 Å². The lowest BCUT2D eigenvalue weighted by molar-refractivity contribution is -0.117. The second-order valence-electron chi connectivity index (χ2n) is 9.36. The quantitative estimate of drug-likeness (QED) is 0.415. The van der Waals surface area contributed by atoms with Crippen LogP contribution in [0.3, 0.4) is 0 Å². The first kappa shape index (κ1) is 25.0. The van der Waals surface area contributed by atoms with Crippen molar-refractivity contribution in [1.82, 2.24) is 25.3 Å². The summed E-state index contributed by atoms with van der Waals surface area (Å²) in [6.07, 6.45) is 2.95. The molecule has 10 radical (unpaired) electrons. The van der Waals surface area contributed by atoms with Crippen molar-refractivity contribution in [2.24, 2.45) is 13.0 Å². The van der Waals surface area contributed by atoms with E-state index in [0.717, 1.165) is 18.4 Å². The fourth-order valence-corrected chi connectivity index (χ4v) is 4.19. The van der Waals surface area contributed by atoms with Gasteiger partial charge in [0.1, 0.15) is 11.5 Å². The Morgan fingerprint density at radius 2 is 1.84 bits per heavy atom. The van der Waals surface area contributed by atoms with Gasteiger partial charge in [0.05, 0.1) is 67.6 Å². The van der Waals surface area contributed by atoms with Crippen LogP contribution in [-0.2, 0) is 17.2 Å². The molecule has 1 saturated carbocycles. The molecule has 0 saturated heterocycles. The number of aromatic nitrogens is 4. The lowest BCUT2D eigenvalue weighted by Gasteiger charge is -2.43. The largest absolute Gasteiger partial charge is 0.378 e. The minimum absolute atomic E-state index is 0.0354. The second kappa shape index (κ2) is 8.74. The van der Waals surface area contributed by atoms with E-state index < -0.39 is 16.5 Å². The standard InChI is InChI=1S/C22H19B5N8O2/c1-34-17-11(16-18(21(34,23)24)33-35(2)32-16)4-3-5-13(17)29-14-8-15(30-19(36)10-6-7-10)28-9-12(14)20(37)31-22(25,26)27/h3-5,8-10H,6-7H2,1-2H3,(H,31,37)(H2,28,29,30,36). The van der Waals surface area contributed by atoms with Crippen LogP contribution in [0, 0.1) is 5.92 Å². The molecule has 3 aromatic rings. The molecule has 37 heavy (non-hydrogen) atoms. The van der Waals surface area contributed by atoms with Gasteiger partial charge < -0.3 is 20.9 Å². The summed E-state index contributed by atoms with van der Waals surface area (Å²) in [6.45, 7) is 0. The molecular weight excluding hydrogens is 462 g/mol. The molecule has 3 heterocycles. The smallest absolute Gasteiger partial charge is 0.253 e. The third-order valence-corrected chi connectivity index (χ3v) is 6.22. The van der Waals surface area contributed by atoms with Gasteiger partial charge in [-0.15, -0.1) is 0 Å². The summed E-state index contributed by atoms with van der Waals surface area (Å²) >= 11 is 0. The number of carbonyl (C=O) groups is 2. The molecule has 0 unspecified atom stereocenters. The van der Waals surface area contributed by atoms with Gasteiger partial charge in [-0.05, 0) is 18.9 Å². The summed E-state index contributed by atoms with van der Waals surface area (Å²) in [7, 11) is 33.1. The van der Waals surface area contributed by atoms with Crippen LogP contribution in [0.25, 0.3) is 11.3 Å². The van der Waals surface area contributed by atoms with Gasteiger partial charge in [-0.3, -0.25) is 9.59 Å². The van der Waals surface area contributed by atoms with Crippen LogP contribution in [0.15, 0.2) is 30.5 Å². The number of rotatable bonds is 6. The maximum absolute atomic E-state index is 13.0. The lowest BCUT2D eigenvalue weighted by atomic mass is 9.49. The Morgan fingerprint density at radius 1 is 1.11 bits per heavy atom. The Kier molecular flexibility index (Phi) is 5.92. The average Bonchev–Trinajstić information content (AvgIpc) is 3.58. The number of nitrogens with zero attached hydrogens (tertiary/aromatic N) is 5. The molecule has 174 valence electrons. The van der Waals surface area contributed by atoms with E-state index in [0.29, 0.717) is 28.5 Å². The third-order valence-electron chi connectivity index (χ3n) is 6.22. The van der Waals surface area contributed by atoms with Crippen LogP contribution in [0.5, 0.6) is 0 Å². The average molecular weight is 482 g/mol. The number of carbonyl (C=O) groups excluding carboxylic acids is 2. The molecule has 3 N–H and O–H groups in total. The number of anilines is 4. The number of nitrogens with one attached hydrogen (secondary N) is 3. The van der Waals surface area contributed by atoms with Crippen LogP contribution in [0.2, 0.25) is 0 Å². The molecule has 2 aliphatic rings. The zero-order valence-electron chi connectivity index (χ0n) is 20.3. The normalized spacial score (nSPS) is 15.9. The number of para-hydroxylation sites is 1. The van der Waals surface area contributed by atoms with Gasteiger partial charge in [0.2, 0.25) is 5.91 Å². The molecule has 1 aliphatic heterocycles. The van der Waals surface area contributed by atoms with Gasteiger partial charge in [-0.25, -0.2) is 4.98 Å². The Labute approximate surface area is 220 Å². The van der Waals surface area contributed by atoms with E-state index in [-0.39, 0.29) is 23.2 Å².